The van der Waals surface area contributed by atoms with Gasteiger partial charge in [0.1, 0.15) is 5.82 Å². The summed E-state index contributed by atoms with van der Waals surface area (Å²) in [5, 5.41) is 4.86. The summed E-state index contributed by atoms with van der Waals surface area (Å²) in [5.74, 6) is 3.31. The zero-order valence-electron chi connectivity index (χ0n) is 12.4. The van der Waals surface area contributed by atoms with E-state index in [1.807, 2.05) is 0 Å². The lowest BCUT2D eigenvalue weighted by atomic mass is 10.0. The maximum absolute atomic E-state index is 4.86. The molecule has 0 saturated heterocycles. The van der Waals surface area contributed by atoms with Gasteiger partial charge in [-0.3, -0.25) is 0 Å². The summed E-state index contributed by atoms with van der Waals surface area (Å²) in [5.41, 5.74) is 1.75. The molecule has 3 unspecified atom stereocenters. The average molecular weight is 267 g/mol. The Morgan fingerprint density at radius 2 is 1.90 bits per heavy atom. The van der Waals surface area contributed by atoms with Gasteiger partial charge in [0.2, 0.25) is 0 Å². The zero-order valence-corrected chi connectivity index (χ0v) is 12.4. The highest BCUT2D eigenvalue weighted by molar-refractivity contribution is 5.25. The molecule has 2 aromatic rings. The van der Waals surface area contributed by atoms with Crippen molar-refractivity contribution in [1.29, 1.82) is 0 Å². The van der Waals surface area contributed by atoms with Gasteiger partial charge in [0.25, 0.3) is 0 Å². The summed E-state index contributed by atoms with van der Waals surface area (Å²) in [6.07, 6.45) is 2.34. The van der Waals surface area contributed by atoms with Crippen LogP contribution in [0.15, 0.2) is 30.3 Å². The third-order valence-corrected chi connectivity index (χ3v) is 5.00. The van der Waals surface area contributed by atoms with Gasteiger partial charge < -0.3 is 0 Å². The Balaban J connectivity index is 1.72. The number of fused-ring (bicyclic) bond motifs is 1. The Morgan fingerprint density at radius 1 is 1.20 bits per heavy atom. The van der Waals surface area contributed by atoms with E-state index in [1.54, 1.807) is 0 Å². The van der Waals surface area contributed by atoms with Gasteiger partial charge in [0.15, 0.2) is 5.82 Å². The highest BCUT2D eigenvalue weighted by atomic mass is 15.4. The van der Waals surface area contributed by atoms with Crippen LogP contribution < -0.4 is 0 Å². The van der Waals surface area contributed by atoms with E-state index >= 15 is 0 Å². The van der Waals surface area contributed by atoms with E-state index in [0.717, 1.165) is 12.2 Å². The maximum Gasteiger partial charge on any atom is 0.154 e. The molecule has 3 nitrogen and oxygen atoms in total. The van der Waals surface area contributed by atoms with Crippen molar-refractivity contribution in [1.82, 2.24) is 14.8 Å². The monoisotopic (exact) mass is 267 g/mol. The minimum absolute atomic E-state index is 0.365. The summed E-state index contributed by atoms with van der Waals surface area (Å²) in [6.45, 7) is 6.88. The second kappa shape index (κ2) is 3.94. The molecule has 4 rings (SSSR count). The SMILES string of the molecule is CC1CC(c2ccccc2)n2nc(C3CC3(C)C)nc21. The van der Waals surface area contributed by atoms with Gasteiger partial charge in [0.05, 0.1) is 6.04 Å². The molecule has 1 saturated carbocycles. The second-order valence-corrected chi connectivity index (χ2v) is 7.08. The van der Waals surface area contributed by atoms with Crippen LogP contribution in [0.25, 0.3) is 0 Å². The first kappa shape index (κ1) is 12.1. The predicted octanol–water partition coefficient (Wildman–Crippen LogP) is 3.89. The van der Waals surface area contributed by atoms with Gasteiger partial charge in [-0.25, -0.2) is 9.67 Å². The molecule has 0 bridgehead atoms. The Hall–Kier alpha value is -1.64. The minimum Gasteiger partial charge on any atom is -0.242 e. The lowest BCUT2D eigenvalue weighted by Crippen LogP contribution is -2.08. The summed E-state index contributed by atoms with van der Waals surface area (Å²) in [6, 6.07) is 11.1. The first-order valence-electron chi connectivity index (χ1n) is 7.57. The Kier molecular flexibility index (Phi) is 2.39. The molecule has 0 spiro atoms. The topological polar surface area (TPSA) is 30.7 Å². The molecule has 2 heterocycles. The van der Waals surface area contributed by atoms with Crippen LogP contribution in [0.2, 0.25) is 0 Å². The van der Waals surface area contributed by atoms with Crippen LogP contribution in [0.1, 0.15) is 68.7 Å². The molecule has 1 aromatic heterocycles. The molecular formula is C17H21N3. The molecule has 2 aliphatic rings. The van der Waals surface area contributed by atoms with Gasteiger partial charge in [-0.2, -0.15) is 5.10 Å². The van der Waals surface area contributed by atoms with Crippen LogP contribution >= 0.6 is 0 Å². The molecule has 0 N–H and O–H groups in total. The van der Waals surface area contributed by atoms with E-state index < -0.39 is 0 Å². The molecular weight excluding hydrogens is 246 g/mol. The average Bonchev–Trinajstić information content (AvgIpc) is 2.80. The van der Waals surface area contributed by atoms with Crippen molar-refractivity contribution in [3.63, 3.8) is 0 Å². The number of rotatable bonds is 2. The normalized spacial score (nSPS) is 30.2. The maximum atomic E-state index is 4.86. The van der Waals surface area contributed by atoms with Crippen molar-refractivity contribution >= 4 is 0 Å². The summed E-state index contributed by atoms with van der Waals surface area (Å²) in [7, 11) is 0. The molecule has 1 aliphatic heterocycles. The molecule has 1 fully saturated rings. The fourth-order valence-electron chi connectivity index (χ4n) is 3.47. The van der Waals surface area contributed by atoms with Crippen molar-refractivity contribution in [3.05, 3.63) is 47.5 Å². The van der Waals surface area contributed by atoms with E-state index in [4.69, 9.17) is 10.1 Å². The lowest BCUT2D eigenvalue weighted by Gasteiger charge is -2.12. The quantitative estimate of drug-likeness (QED) is 0.826. The van der Waals surface area contributed by atoms with Crippen molar-refractivity contribution < 1.29 is 0 Å². The van der Waals surface area contributed by atoms with Gasteiger partial charge >= 0.3 is 0 Å². The molecule has 3 heteroatoms. The fraction of sp³-hybridized carbons (Fsp3) is 0.529. The first-order valence-corrected chi connectivity index (χ1v) is 7.57. The molecule has 0 radical (unpaired) electrons. The van der Waals surface area contributed by atoms with Crippen LogP contribution in [0, 0.1) is 5.41 Å². The lowest BCUT2D eigenvalue weighted by molar-refractivity contribution is 0.529. The molecule has 3 atom stereocenters. The van der Waals surface area contributed by atoms with Crippen LogP contribution in [-0.2, 0) is 0 Å². The van der Waals surface area contributed by atoms with Crippen LogP contribution in [-0.4, -0.2) is 14.8 Å². The van der Waals surface area contributed by atoms with Crippen LogP contribution in [0.5, 0.6) is 0 Å². The molecule has 20 heavy (non-hydrogen) atoms. The number of hydrogen-bond donors (Lipinski definition) is 0. The number of benzene rings is 1. The van der Waals surface area contributed by atoms with Crippen molar-refractivity contribution in [3.8, 4) is 0 Å². The van der Waals surface area contributed by atoms with Gasteiger partial charge in [-0.05, 0) is 23.8 Å². The minimum atomic E-state index is 0.365. The fourth-order valence-corrected chi connectivity index (χ4v) is 3.47. The molecule has 104 valence electrons. The number of aromatic nitrogens is 3. The Morgan fingerprint density at radius 3 is 2.55 bits per heavy atom. The number of hydrogen-bond acceptors (Lipinski definition) is 2. The first-order chi connectivity index (χ1) is 9.56. The van der Waals surface area contributed by atoms with Crippen LogP contribution in [0.3, 0.4) is 0 Å². The molecule has 1 aliphatic carbocycles. The second-order valence-electron chi connectivity index (χ2n) is 7.08. The largest absolute Gasteiger partial charge is 0.242 e. The molecule has 0 amide bonds. The number of nitrogens with zero attached hydrogens (tertiary/aromatic N) is 3. The summed E-state index contributed by atoms with van der Waals surface area (Å²) >= 11 is 0. The van der Waals surface area contributed by atoms with Crippen LogP contribution in [0.4, 0.5) is 0 Å². The van der Waals surface area contributed by atoms with E-state index in [1.165, 1.54) is 17.8 Å². The van der Waals surface area contributed by atoms with Gasteiger partial charge in [0, 0.05) is 11.8 Å². The van der Waals surface area contributed by atoms with Crippen molar-refractivity contribution in [2.75, 3.05) is 0 Å². The van der Waals surface area contributed by atoms with E-state index in [0.29, 0.717) is 23.3 Å². The third kappa shape index (κ3) is 1.72. The summed E-state index contributed by atoms with van der Waals surface area (Å²) in [4.78, 5) is 4.86. The Bertz CT molecular complexity index is 642. The standard InChI is InChI=1S/C17H21N3/c1-11-9-14(12-7-5-4-6-8-12)20-16(11)18-15(19-20)13-10-17(13,2)3/h4-8,11,13-14H,9-10H2,1-3H3. The van der Waals surface area contributed by atoms with E-state index in [2.05, 4.69) is 55.8 Å². The van der Waals surface area contributed by atoms with Crippen molar-refractivity contribution in [2.45, 2.75) is 51.5 Å². The highest BCUT2D eigenvalue weighted by Crippen LogP contribution is 2.58. The van der Waals surface area contributed by atoms with Crippen molar-refractivity contribution in [2.24, 2.45) is 5.41 Å². The third-order valence-electron chi connectivity index (χ3n) is 5.00. The van der Waals surface area contributed by atoms with E-state index in [-0.39, 0.29) is 0 Å². The van der Waals surface area contributed by atoms with Gasteiger partial charge in [-0.15, -0.1) is 0 Å². The summed E-state index contributed by atoms with van der Waals surface area (Å²) < 4.78 is 2.18. The van der Waals surface area contributed by atoms with Gasteiger partial charge in [-0.1, -0.05) is 51.1 Å². The Labute approximate surface area is 120 Å². The zero-order chi connectivity index (χ0) is 13.9. The van der Waals surface area contributed by atoms with E-state index in [9.17, 15) is 0 Å². The smallest absolute Gasteiger partial charge is 0.154 e. The predicted molar refractivity (Wildman–Crippen MR) is 78.8 cm³/mol. The molecule has 1 aromatic carbocycles. The highest BCUT2D eigenvalue weighted by Gasteiger charge is 2.50.